The van der Waals surface area contributed by atoms with Gasteiger partial charge in [-0.2, -0.15) is 0 Å². The first kappa shape index (κ1) is 16.3. The summed E-state index contributed by atoms with van der Waals surface area (Å²) in [5, 5.41) is 0. The second-order valence-electron chi connectivity index (χ2n) is 4.84. The largest absolute Gasteiger partial charge is 0.468 e. The maximum Gasteiger partial charge on any atom is 0.326 e. The normalized spacial score (nSPS) is 14.1. The molecule has 0 amide bonds. The third-order valence-electron chi connectivity index (χ3n) is 3.45. The van der Waals surface area contributed by atoms with E-state index in [0.717, 1.165) is 17.4 Å². The second kappa shape index (κ2) is 6.10. The van der Waals surface area contributed by atoms with Gasteiger partial charge < -0.3 is 4.74 Å². The lowest BCUT2D eigenvalue weighted by Crippen LogP contribution is -2.44. The molecule has 0 aromatic heterocycles. The SMILES string of the molecule is C#Cc1ccc(CCC(C)(C(=O)OC)S(C)(=O)=O)cc1. The summed E-state index contributed by atoms with van der Waals surface area (Å²) in [5.41, 5.74) is 1.68. The molecule has 4 nitrogen and oxygen atoms in total. The van der Waals surface area contributed by atoms with Gasteiger partial charge >= 0.3 is 5.97 Å². The van der Waals surface area contributed by atoms with Gasteiger partial charge in [-0.3, -0.25) is 4.79 Å². The number of carbonyl (C=O) groups is 1. The van der Waals surface area contributed by atoms with Crippen LogP contribution in [0.2, 0.25) is 0 Å². The smallest absolute Gasteiger partial charge is 0.326 e. The Balaban J connectivity index is 2.93. The number of methoxy groups -OCH3 is 1. The molecule has 0 heterocycles. The molecule has 1 rings (SSSR count). The number of sulfone groups is 1. The summed E-state index contributed by atoms with van der Waals surface area (Å²) >= 11 is 0. The Bertz CT molecular complexity index is 623. The van der Waals surface area contributed by atoms with Crippen LogP contribution in [0.1, 0.15) is 24.5 Å². The van der Waals surface area contributed by atoms with Gasteiger partial charge in [-0.25, -0.2) is 8.42 Å². The van der Waals surface area contributed by atoms with Crippen LogP contribution in [0.25, 0.3) is 0 Å². The zero-order valence-corrected chi connectivity index (χ0v) is 12.7. The highest BCUT2D eigenvalue weighted by molar-refractivity contribution is 7.92. The molecule has 0 saturated heterocycles. The average Bonchev–Trinajstić information content (AvgIpc) is 2.43. The molecule has 20 heavy (non-hydrogen) atoms. The molecule has 0 aliphatic heterocycles. The number of hydrogen-bond donors (Lipinski definition) is 0. The molecule has 1 aromatic carbocycles. The third-order valence-corrected chi connectivity index (χ3v) is 5.45. The predicted molar refractivity (Wildman–Crippen MR) is 78.0 cm³/mol. The number of aryl methyl sites for hydroxylation is 1. The van der Waals surface area contributed by atoms with Crippen molar-refractivity contribution in [3.8, 4) is 12.3 Å². The van der Waals surface area contributed by atoms with Crippen molar-refractivity contribution >= 4 is 15.8 Å². The fourth-order valence-electron chi connectivity index (χ4n) is 1.81. The number of terminal acetylenes is 1. The fourth-order valence-corrected chi connectivity index (χ4v) is 2.66. The van der Waals surface area contributed by atoms with E-state index >= 15 is 0 Å². The van der Waals surface area contributed by atoms with Crippen LogP contribution in [0.5, 0.6) is 0 Å². The highest BCUT2D eigenvalue weighted by Gasteiger charge is 2.44. The Morgan fingerprint density at radius 1 is 1.35 bits per heavy atom. The van der Waals surface area contributed by atoms with Crippen LogP contribution in [-0.4, -0.2) is 32.5 Å². The molecule has 108 valence electrons. The fraction of sp³-hybridized carbons (Fsp3) is 0.400. The lowest BCUT2D eigenvalue weighted by Gasteiger charge is -2.24. The monoisotopic (exact) mass is 294 g/mol. The third kappa shape index (κ3) is 3.40. The molecular weight excluding hydrogens is 276 g/mol. The minimum Gasteiger partial charge on any atom is -0.468 e. The summed E-state index contributed by atoms with van der Waals surface area (Å²) in [5.74, 6) is 1.77. The summed E-state index contributed by atoms with van der Waals surface area (Å²) in [4.78, 5) is 11.8. The van der Waals surface area contributed by atoms with Gasteiger partial charge in [-0.05, 0) is 37.5 Å². The Morgan fingerprint density at radius 2 is 1.90 bits per heavy atom. The van der Waals surface area contributed by atoms with Gasteiger partial charge in [0.25, 0.3) is 0 Å². The van der Waals surface area contributed by atoms with E-state index in [-0.39, 0.29) is 6.42 Å². The Labute approximate surface area is 120 Å². The van der Waals surface area contributed by atoms with Crippen molar-refractivity contribution in [1.82, 2.24) is 0 Å². The van der Waals surface area contributed by atoms with Crippen molar-refractivity contribution in [2.24, 2.45) is 0 Å². The molecule has 5 heteroatoms. The van der Waals surface area contributed by atoms with E-state index in [1.54, 1.807) is 12.1 Å². The van der Waals surface area contributed by atoms with Crippen LogP contribution >= 0.6 is 0 Å². The van der Waals surface area contributed by atoms with Crippen molar-refractivity contribution < 1.29 is 17.9 Å². The summed E-state index contributed by atoms with van der Waals surface area (Å²) in [6.45, 7) is 1.39. The maximum atomic E-state index is 11.8. The topological polar surface area (TPSA) is 60.4 Å². The van der Waals surface area contributed by atoms with Crippen LogP contribution < -0.4 is 0 Å². The molecule has 1 aromatic rings. The molecule has 0 saturated carbocycles. The number of esters is 1. The molecule has 0 N–H and O–H groups in total. The number of benzene rings is 1. The van der Waals surface area contributed by atoms with E-state index in [1.165, 1.54) is 14.0 Å². The summed E-state index contributed by atoms with van der Waals surface area (Å²) in [6.07, 6.45) is 6.92. The molecule has 0 aliphatic rings. The van der Waals surface area contributed by atoms with Gasteiger partial charge in [0, 0.05) is 11.8 Å². The number of ether oxygens (including phenoxy) is 1. The summed E-state index contributed by atoms with van der Waals surface area (Å²) < 4.78 is 26.8. The number of rotatable bonds is 5. The first-order valence-electron chi connectivity index (χ1n) is 6.08. The first-order chi connectivity index (χ1) is 9.24. The van der Waals surface area contributed by atoms with Crippen LogP contribution in [0.15, 0.2) is 24.3 Å². The Kier molecular flexibility index (Phi) is 4.96. The quantitative estimate of drug-likeness (QED) is 0.611. The van der Waals surface area contributed by atoms with Gasteiger partial charge in [-0.1, -0.05) is 18.1 Å². The Morgan fingerprint density at radius 3 is 2.30 bits per heavy atom. The molecule has 0 aliphatic carbocycles. The minimum absolute atomic E-state index is 0.161. The number of hydrogen-bond acceptors (Lipinski definition) is 4. The van der Waals surface area contributed by atoms with Crippen LogP contribution in [-0.2, 0) is 25.8 Å². The second-order valence-corrected chi connectivity index (χ2v) is 7.28. The summed E-state index contributed by atoms with van der Waals surface area (Å²) in [7, 11) is -2.38. The van der Waals surface area contributed by atoms with E-state index in [1.807, 2.05) is 12.1 Å². The standard InChI is InChI=1S/C15H18O4S/c1-5-12-6-8-13(9-7-12)10-11-15(2,14(16)19-3)20(4,17)18/h1,6-9H,10-11H2,2-4H3. The molecule has 1 atom stereocenters. The van der Waals surface area contributed by atoms with Crippen LogP contribution in [0, 0.1) is 12.3 Å². The Hall–Kier alpha value is -1.80. The highest BCUT2D eigenvalue weighted by atomic mass is 32.2. The van der Waals surface area contributed by atoms with E-state index in [2.05, 4.69) is 10.7 Å². The van der Waals surface area contributed by atoms with Gasteiger partial charge in [0.05, 0.1) is 7.11 Å². The van der Waals surface area contributed by atoms with Crippen molar-refractivity contribution in [2.75, 3.05) is 13.4 Å². The van der Waals surface area contributed by atoms with Crippen molar-refractivity contribution in [3.05, 3.63) is 35.4 Å². The predicted octanol–water partition coefficient (Wildman–Crippen LogP) is 1.58. The van der Waals surface area contributed by atoms with E-state index < -0.39 is 20.6 Å². The zero-order chi connectivity index (χ0) is 15.4. The van der Waals surface area contributed by atoms with Crippen molar-refractivity contribution in [2.45, 2.75) is 24.5 Å². The van der Waals surface area contributed by atoms with Crippen molar-refractivity contribution in [1.29, 1.82) is 0 Å². The molecule has 1 unspecified atom stereocenters. The molecular formula is C15H18O4S. The van der Waals surface area contributed by atoms with Crippen molar-refractivity contribution in [3.63, 3.8) is 0 Å². The van der Waals surface area contributed by atoms with E-state index in [4.69, 9.17) is 6.42 Å². The maximum absolute atomic E-state index is 11.8. The molecule has 0 fully saturated rings. The van der Waals surface area contributed by atoms with Gasteiger partial charge in [0.1, 0.15) is 0 Å². The first-order valence-corrected chi connectivity index (χ1v) is 7.97. The molecule has 0 spiro atoms. The average molecular weight is 294 g/mol. The molecule has 0 bridgehead atoms. The highest BCUT2D eigenvalue weighted by Crippen LogP contribution is 2.25. The van der Waals surface area contributed by atoms with E-state index in [9.17, 15) is 13.2 Å². The van der Waals surface area contributed by atoms with Gasteiger partial charge in [0.15, 0.2) is 14.6 Å². The minimum atomic E-state index is -3.57. The zero-order valence-electron chi connectivity index (χ0n) is 11.8. The number of carbonyl (C=O) groups excluding carboxylic acids is 1. The van der Waals surface area contributed by atoms with Crippen LogP contribution in [0.4, 0.5) is 0 Å². The van der Waals surface area contributed by atoms with Gasteiger partial charge in [0.2, 0.25) is 0 Å². The van der Waals surface area contributed by atoms with Crippen LogP contribution in [0.3, 0.4) is 0 Å². The lowest BCUT2D eigenvalue weighted by molar-refractivity contribution is -0.143. The van der Waals surface area contributed by atoms with E-state index in [0.29, 0.717) is 6.42 Å². The lowest BCUT2D eigenvalue weighted by atomic mass is 9.99. The molecule has 0 radical (unpaired) electrons. The summed E-state index contributed by atoms with van der Waals surface area (Å²) in [6, 6.07) is 7.22. The van der Waals surface area contributed by atoms with Gasteiger partial charge in [-0.15, -0.1) is 6.42 Å².